The number of benzene rings is 2. The van der Waals surface area contributed by atoms with Gasteiger partial charge in [0.05, 0.1) is 29.9 Å². The van der Waals surface area contributed by atoms with Crippen molar-refractivity contribution in [3.63, 3.8) is 0 Å². The van der Waals surface area contributed by atoms with Crippen LogP contribution in [0.25, 0.3) is 0 Å². The van der Waals surface area contributed by atoms with Crippen molar-refractivity contribution in [2.75, 3.05) is 19.8 Å². The molecule has 0 atom stereocenters. The lowest BCUT2D eigenvalue weighted by atomic mass is 10.3. The minimum absolute atomic E-state index is 0.0885. The largest absolute Gasteiger partial charge is 0.492 e. The molecule has 32 heavy (non-hydrogen) atoms. The Labute approximate surface area is 207 Å². The summed E-state index contributed by atoms with van der Waals surface area (Å²) in [6.07, 6.45) is 1.48. The molecule has 0 aliphatic rings. The first-order valence-corrected chi connectivity index (χ1v) is 11.3. The Morgan fingerprint density at radius 1 is 0.812 bits per heavy atom. The molecule has 0 spiro atoms. The molecule has 0 fully saturated rings. The van der Waals surface area contributed by atoms with E-state index in [4.69, 9.17) is 65.7 Å². The first-order valence-electron chi connectivity index (χ1n) is 9.76. The topological polar surface area (TPSA) is 82.1 Å². The maximum Gasteiger partial charge on any atom is 0.305 e. The molecule has 6 nitrogen and oxygen atoms in total. The van der Waals surface area contributed by atoms with Crippen LogP contribution >= 0.6 is 46.4 Å². The number of hydrogen-bond donors (Lipinski definition) is 1. The number of rotatable bonds is 11. The molecule has 0 amide bonds. The van der Waals surface area contributed by atoms with Gasteiger partial charge >= 0.3 is 11.9 Å². The fourth-order valence-corrected chi connectivity index (χ4v) is 3.15. The molecule has 2 aromatic carbocycles. The van der Waals surface area contributed by atoms with Gasteiger partial charge < -0.3 is 19.3 Å². The summed E-state index contributed by atoms with van der Waals surface area (Å²) in [5, 5.41) is 10.4. The number of carbonyl (C=O) groups is 2. The number of esters is 1. The summed E-state index contributed by atoms with van der Waals surface area (Å²) in [4.78, 5) is 21.3. The number of carbonyl (C=O) groups excluding carboxylic acids is 1. The first-order chi connectivity index (χ1) is 15.2. The van der Waals surface area contributed by atoms with Crippen LogP contribution in [0, 0.1) is 0 Å². The van der Waals surface area contributed by atoms with Gasteiger partial charge in [0, 0.05) is 22.9 Å². The molecule has 2 rings (SSSR count). The van der Waals surface area contributed by atoms with Crippen molar-refractivity contribution >= 4 is 58.3 Å². The van der Waals surface area contributed by atoms with Crippen LogP contribution in [0.3, 0.4) is 0 Å². The molecule has 0 saturated carbocycles. The molecular formula is C22H24Cl4O6. The van der Waals surface area contributed by atoms with E-state index in [0.717, 1.165) is 0 Å². The number of ether oxygens (including phenoxy) is 3. The van der Waals surface area contributed by atoms with Gasteiger partial charge in [-0.05, 0) is 56.2 Å². The Hall–Kier alpha value is -1.86. The first kappa shape index (κ1) is 28.2. The van der Waals surface area contributed by atoms with E-state index >= 15 is 0 Å². The van der Waals surface area contributed by atoms with Gasteiger partial charge in [-0.2, -0.15) is 0 Å². The summed E-state index contributed by atoms with van der Waals surface area (Å²) in [6.45, 7) is 2.93. The molecule has 0 radical (unpaired) electrons. The van der Waals surface area contributed by atoms with Gasteiger partial charge in [0.1, 0.15) is 11.5 Å². The summed E-state index contributed by atoms with van der Waals surface area (Å²) < 4.78 is 15.5. The van der Waals surface area contributed by atoms with Gasteiger partial charge in [-0.15, -0.1) is 0 Å². The second kappa shape index (κ2) is 15.9. The van der Waals surface area contributed by atoms with Crippen LogP contribution in [-0.2, 0) is 14.3 Å². The Morgan fingerprint density at radius 2 is 1.28 bits per heavy atom. The van der Waals surface area contributed by atoms with E-state index in [0.29, 0.717) is 70.7 Å². The Bertz CT molecular complexity index is 875. The molecule has 0 aromatic heterocycles. The van der Waals surface area contributed by atoms with E-state index in [1.807, 2.05) is 0 Å². The van der Waals surface area contributed by atoms with E-state index < -0.39 is 5.97 Å². The minimum atomic E-state index is -0.833. The number of halogens is 4. The molecular weight excluding hydrogens is 502 g/mol. The Morgan fingerprint density at radius 3 is 1.69 bits per heavy atom. The smallest absolute Gasteiger partial charge is 0.305 e. The zero-order valence-electron chi connectivity index (χ0n) is 17.4. The van der Waals surface area contributed by atoms with Gasteiger partial charge in [0.2, 0.25) is 0 Å². The van der Waals surface area contributed by atoms with Crippen LogP contribution in [0.5, 0.6) is 11.5 Å². The van der Waals surface area contributed by atoms with Crippen molar-refractivity contribution in [1.29, 1.82) is 0 Å². The van der Waals surface area contributed by atoms with Crippen molar-refractivity contribution in [1.82, 2.24) is 0 Å². The van der Waals surface area contributed by atoms with E-state index in [1.54, 1.807) is 43.3 Å². The quantitative estimate of drug-likeness (QED) is 0.252. The maximum atomic E-state index is 11.0. The number of hydrogen-bond acceptors (Lipinski definition) is 5. The van der Waals surface area contributed by atoms with Crippen molar-refractivity contribution in [3.05, 3.63) is 56.5 Å². The Balaban J connectivity index is 0.000000323. The van der Waals surface area contributed by atoms with Crippen LogP contribution in [0.15, 0.2) is 36.4 Å². The van der Waals surface area contributed by atoms with E-state index in [-0.39, 0.29) is 12.4 Å². The highest BCUT2D eigenvalue weighted by molar-refractivity contribution is 6.36. The highest BCUT2D eigenvalue weighted by atomic mass is 35.5. The van der Waals surface area contributed by atoms with Crippen LogP contribution in [-0.4, -0.2) is 36.9 Å². The normalized spacial score (nSPS) is 10.0. The predicted molar refractivity (Wildman–Crippen MR) is 127 cm³/mol. The summed E-state index contributed by atoms with van der Waals surface area (Å²) in [5.74, 6) is 0.0467. The maximum absolute atomic E-state index is 11.0. The van der Waals surface area contributed by atoms with Gasteiger partial charge in [0.15, 0.2) is 0 Å². The number of aliphatic carboxylic acids is 1. The standard InChI is InChI=1S/C12H14Cl2O3.C10H10Cl2O3/c1-2-16-12(15)4-3-7-17-11-6-5-9(13)8-10(11)14;11-7-3-4-9(8(12)6-7)15-5-1-2-10(13)14/h5-6,8H,2-4,7H2,1H3;3-4,6H,1-2,5H2,(H,13,14). The SMILES string of the molecule is CCOC(=O)CCCOc1ccc(Cl)cc1Cl.O=C(O)CCCOc1ccc(Cl)cc1Cl. The third-order valence-electron chi connectivity index (χ3n) is 3.67. The molecule has 1 N–H and O–H groups in total. The molecule has 2 aromatic rings. The van der Waals surface area contributed by atoms with E-state index in [1.165, 1.54) is 0 Å². The lowest BCUT2D eigenvalue weighted by Crippen LogP contribution is -2.06. The Kier molecular flexibility index (Phi) is 14.0. The molecule has 10 heteroatoms. The second-order valence-electron chi connectivity index (χ2n) is 6.25. The fraction of sp³-hybridized carbons (Fsp3) is 0.364. The van der Waals surface area contributed by atoms with Crippen LogP contribution in [0.2, 0.25) is 20.1 Å². The zero-order chi connectivity index (χ0) is 23.9. The summed E-state index contributed by atoms with van der Waals surface area (Å²) in [7, 11) is 0. The second-order valence-corrected chi connectivity index (χ2v) is 7.94. The summed E-state index contributed by atoms with van der Waals surface area (Å²) in [6, 6.07) is 9.92. The third kappa shape index (κ3) is 12.2. The number of carboxylic acids is 1. The molecule has 0 bridgehead atoms. The third-order valence-corrected chi connectivity index (χ3v) is 4.73. The van der Waals surface area contributed by atoms with Crippen molar-refractivity contribution < 1.29 is 28.9 Å². The average molecular weight is 526 g/mol. The zero-order valence-corrected chi connectivity index (χ0v) is 20.4. The van der Waals surface area contributed by atoms with Gasteiger partial charge in [-0.1, -0.05) is 46.4 Å². The van der Waals surface area contributed by atoms with Gasteiger partial charge in [0.25, 0.3) is 0 Å². The summed E-state index contributed by atoms with van der Waals surface area (Å²) >= 11 is 23.2. The number of carboxylic acid groups (broad SMARTS) is 1. The van der Waals surface area contributed by atoms with Crippen molar-refractivity contribution in [2.24, 2.45) is 0 Å². The lowest BCUT2D eigenvalue weighted by molar-refractivity contribution is -0.143. The molecule has 0 aliphatic carbocycles. The summed E-state index contributed by atoms with van der Waals surface area (Å²) in [5.41, 5.74) is 0. The van der Waals surface area contributed by atoms with E-state index in [2.05, 4.69) is 0 Å². The van der Waals surface area contributed by atoms with Gasteiger partial charge in [-0.3, -0.25) is 9.59 Å². The molecule has 0 aliphatic heterocycles. The van der Waals surface area contributed by atoms with E-state index in [9.17, 15) is 9.59 Å². The lowest BCUT2D eigenvalue weighted by Gasteiger charge is -2.07. The molecule has 0 heterocycles. The average Bonchev–Trinajstić information content (AvgIpc) is 2.72. The minimum Gasteiger partial charge on any atom is -0.492 e. The highest BCUT2D eigenvalue weighted by Crippen LogP contribution is 2.28. The molecule has 0 saturated heterocycles. The molecule has 176 valence electrons. The van der Waals surface area contributed by atoms with Crippen molar-refractivity contribution in [2.45, 2.75) is 32.6 Å². The highest BCUT2D eigenvalue weighted by Gasteiger charge is 2.05. The fourth-order valence-electron chi connectivity index (χ4n) is 2.22. The van der Waals surface area contributed by atoms with Crippen LogP contribution in [0.1, 0.15) is 32.6 Å². The van der Waals surface area contributed by atoms with Crippen LogP contribution in [0.4, 0.5) is 0 Å². The van der Waals surface area contributed by atoms with Crippen molar-refractivity contribution in [3.8, 4) is 11.5 Å². The monoisotopic (exact) mass is 524 g/mol. The molecule has 0 unspecified atom stereocenters. The van der Waals surface area contributed by atoms with Crippen LogP contribution < -0.4 is 9.47 Å². The van der Waals surface area contributed by atoms with Gasteiger partial charge in [-0.25, -0.2) is 0 Å². The predicted octanol–water partition coefficient (Wildman–Crippen LogP) is 6.95.